The fourth-order valence-corrected chi connectivity index (χ4v) is 3.25. The highest BCUT2D eigenvalue weighted by molar-refractivity contribution is 14.1. The average molecular weight is 353 g/mol. The summed E-state index contributed by atoms with van der Waals surface area (Å²) in [6, 6.07) is 0. The molecule has 1 rings (SSSR count). The number of rotatable bonds is 2. The van der Waals surface area contributed by atoms with E-state index >= 15 is 0 Å². The number of carbonyl (C=O) groups is 1. The van der Waals surface area contributed by atoms with Crippen molar-refractivity contribution in [2.24, 2.45) is 5.92 Å². The summed E-state index contributed by atoms with van der Waals surface area (Å²) in [5.74, 6) is 0.620. The second-order valence-corrected chi connectivity index (χ2v) is 7.53. The van der Waals surface area contributed by atoms with Gasteiger partial charge in [0.1, 0.15) is 5.60 Å². The largest absolute Gasteiger partial charge is 0.444 e. The van der Waals surface area contributed by atoms with Crippen LogP contribution in [0.3, 0.4) is 0 Å². The Morgan fingerprint density at radius 1 is 1.47 bits per heavy atom. The van der Waals surface area contributed by atoms with Crippen LogP contribution in [0.2, 0.25) is 0 Å². The summed E-state index contributed by atoms with van der Waals surface area (Å²) in [5.41, 5.74) is -0.479. The molecule has 1 amide bonds. The van der Waals surface area contributed by atoms with E-state index in [2.05, 4.69) is 36.4 Å². The van der Waals surface area contributed by atoms with Crippen molar-refractivity contribution in [1.29, 1.82) is 0 Å². The van der Waals surface area contributed by atoms with Crippen molar-refractivity contribution in [3.05, 3.63) is 0 Å². The SMILES string of the molecule is CC(C)(C)OC(=O)N1CC(CCI)CC1(C)C. The molecule has 0 radical (unpaired) electrons. The lowest BCUT2D eigenvalue weighted by molar-refractivity contribution is 0.0131. The van der Waals surface area contributed by atoms with Gasteiger partial charge in [-0.3, -0.25) is 0 Å². The zero-order valence-corrected chi connectivity index (χ0v) is 13.7. The van der Waals surface area contributed by atoms with Gasteiger partial charge in [0, 0.05) is 12.1 Å². The van der Waals surface area contributed by atoms with E-state index in [-0.39, 0.29) is 11.6 Å². The number of halogens is 1. The topological polar surface area (TPSA) is 29.5 Å². The molecular weight excluding hydrogens is 329 g/mol. The van der Waals surface area contributed by atoms with Gasteiger partial charge in [-0.15, -0.1) is 0 Å². The van der Waals surface area contributed by atoms with Crippen LogP contribution in [0.5, 0.6) is 0 Å². The number of alkyl halides is 1. The minimum Gasteiger partial charge on any atom is -0.444 e. The molecular formula is C13H24INO2. The number of nitrogens with zero attached hydrogens (tertiary/aromatic N) is 1. The van der Waals surface area contributed by atoms with Crippen molar-refractivity contribution in [2.75, 3.05) is 11.0 Å². The number of carbonyl (C=O) groups excluding carboxylic acids is 1. The van der Waals surface area contributed by atoms with E-state index in [1.54, 1.807) is 0 Å². The second-order valence-electron chi connectivity index (χ2n) is 6.45. The number of amides is 1. The predicted octanol–water partition coefficient (Wildman–Crippen LogP) is 3.85. The van der Waals surface area contributed by atoms with Gasteiger partial charge in [-0.25, -0.2) is 4.79 Å². The maximum atomic E-state index is 12.1. The summed E-state index contributed by atoms with van der Waals surface area (Å²) in [6.07, 6.45) is 2.09. The highest BCUT2D eigenvalue weighted by Gasteiger charge is 2.42. The lowest BCUT2D eigenvalue weighted by Crippen LogP contribution is -2.45. The van der Waals surface area contributed by atoms with Crippen LogP contribution < -0.4 is 0 Å². The molecule has 1 heterocycles. The molecule has 0 aromatic rings. The molecule has 1 saturated heterocycles. The first-order valence-corrected chi connectivity index (χ1v) is 7.75. The van der Waals surface area contributed by atoms with Crippen LogP contribution in [0, 0.1) is 5.92 Å². The van der Waals surface area contributed by atoms with Crippen molar-refractivity contribution in [3.8, 4) is 0 Å². The van der Waals surface area contributed by atoms with E-state index < -0.39 is 5.60 Å². The zero-order chi connectivity index (χ0) is 13.3. The van der Waals surface area contributed by atoms with Crippen molar-refractivity contribution in [1.82, 2.24) is 4.90 Å². The Kier molecular flexibility index (Phi) is 4.72. The molecule has 0 saturated carbocycles. The Balaban J connectivity index is 2.67. The number of hydrogen-bond acceptors (Lipinski definition) is 2. The Bertz CT molecular complexity index is 284. The minimum absolute atomic E-state index is 0.0706. The van der Waals surface area contributed by atoms with Gasteiger partial charge < -0.3 is 9.64 Å². The third-order valence-electron chi connectivity index (χ3n) is 3.09. The van der Waals surface area contributed by atoms with Gasteiger partial charge in [-0.2, -0.15) is 0 Å². The molecule has 0 bridgehead atoms. The summed E-state index contributed by atoms with van der Waals surface area (Å²) >= 11 is 2.40. The molecule has 1 aliphatic rings. The molecule has 17 heavy (non-hydrogen) atoms. The monoisotopic (exact) mass is 353 g/mol. The third-order valence-corrected chi connectivity index (χ3v) is 3.71. The lowest BCUT2D eigenvalue weighted by Gasteiger charge is -2.33. The molecule has 3 nitrogen and oxygen atoms in total. The molecule has 0 spiro atoms. The van der Waals surface area contributed by atoms with E-state index in [1.165, 1.54) is 6.42 Å². The first kappa shape index (κ1) is 15.1. The maximum Gasteiger partial charge on any atom is 0.410 e. The maximum absolute atomic E-state index is 12.1. The lowest BCUT2D eigenvalue weighted by atomic mass is 9.95. The Morgan fingerprint density at radius 2 is 2.06 bits per heavy atom. The number of ether oxygens (including phenoxy) is 1. The first-order valence-electron chi connectivity index (χ1n) is 6.22. The van der Waals surface area contributed by atoms with Crippen LogP contribution in [-0.4, -0.2) is 33.1 Å². The molecule has 1 atom stereocenters. The predicted molar refractivity (Wildman–Crippen MR) is 78.6 cm³/mol. The summed E-state index contributed by atoms with van der Waals surface area (Å²) in [4.78, 5) is 14.0. The van der Waals surface area contributed by atoms with E-state index in [4.69, 9.17) is 4.74 Å². The van der Waals surface area contributed by atoms with Gasteiger partial charge in [0.15, 0.2) is 0 Å². The van der Waals surface area contributed by atoms with Crippen LogP contribution in [-0.2, 0) is 4.74 Å². The quantitative estimate of drug-likeness (QED) is 0.558. The van der Waals surface area contributed by atoms with Gasteiger partial charge in [0.2, 0.25) is 0 Å². The Morgan fingerprint density at radius 3 is 2.53 bits per heavy atom. The molecule has 0 aromatic carbocycles. The van der Waals surface area contributed by atoms with Crippen LogP contribution in [0.1, 0.15) is 47.5 Å². The molecule has 0 aliphatic carbocycles. The van der Waals surface area contributed by atoms with Crippen LogP contribution in [0.15, 0.2) is 0 Å². The normalized spacial score (nSPS) is 23.9. The van der Waals surface area contributed by atoms with Crippen molar-refractivity contribution >= 4 is 28.7 Å². The molecule has 1 aliphatic heterocycles. The van der Waals surface area contributed by atoms with Gasteiger partial charge >= 0.3 is 6.09 Å². The number of hydrogen-bond donors (Lipinski definition) is 0. The van der Waals surface area contributed by atoms with E-state index in [9.17, 15) is 4.79 Å². The zero-order valence-electron chi connectivity index (χ0n) is 11.5. The van der Waals surface area contributed by atoms with Crippen LogP contribution in [0.4, 0.5) is 4.79 Å². The summed E-state index contributed by atoms with van der Waals surface area (Å²) < 4.78 is 6.62. The smallest absolute Gasteiger partial charge is 0.410 e. The summed E-state index contributed by atoms with van der Waals surface area (Å²) in [5, 5.41) is 0. The minimum atomic E-state index is -0.408. The third kappa shape index (κ3) is 4.30. The van der Waals surface area contributed by atoms with Crippen molar-refractivity contribution in [3.63, 3.8) is 0 Å². The fraction of sp³-hybridized carbons (Fsp3) is 0.923. The standard InChI is InChI=1S/C13H24INO2/c1-12(2,3)17-11(16)15-9-10(6-7-14)8-13(15,4)5/h10H,6-9H2,1-5H3. The molecule has 4 heteroatoms. The Hall–Kier alpha value is 0. The molecule has 1 fully saturated rings. The number of likely N-dealkylation sites (tertiary alicyclic amines) is 1. The van der Waals surface area contributed by atoms with E-state index in [1.807, 2.05) is 25.7 Å². The van der Waals surface area contributed by atoms with Gasteiger partial charge in [-0.1, -0.05) is 22.6 Å². The highest BCUT2D eigenvalue weighted by Crippen LogP contribution is 2.35. The van der Waals surface area contributed by atoms with Gasteiger partial charge in [0.25, 0.3) is 0 Å². The van der Waals surface area contributed by atoms with Crippen molar-refractivity contribution in [2.45, 2.75) is 58.6 Å². The van der Waals surface area contributed by atoms with Crippen molar-refractivity contribution < 1.29 is 9.53 Å². The van der Waals surface area contributed by atoms with Gasteiger partial charge in [-0.05, 0) is 57.8 Å². The molecule has 1 unspecified atom stereocenters. The second kappa shape index (κ2) is 5.33. The molecule has 0 aromatic heterocycles. The highest BCUT2D eigenvalue weighted by atomic mass is 127. The van der Waals surface area contributed by atoms with E-state index in [0.29, 0.717) is 5.92 Å². The summed E-state index contributed by atoms with van der Waals surface area (Å²) in [6.45, 7) is 10.8. The summed E-state index contributed by atoms with van der Waals surface area (Å²) in [7, 11) is 0. The van der Waals surface area contributed by atoms with E-state index in [0.717, 1.165) is 17.4 Å². The Labute approximate surface area is 118 Å². The fourth-order valence-electron chi connectivity index (χ4n) is 2.37. The van der Waals surface area contributed by atoms with Gasteiger partial charge in [0.05, 0.1) is 0 Å². The molecule has 100 valence electrons. The van der Waals surface area contributed by atoms with Crippen LogP contribution in [0.25, 0.3) is 0 Å². The first-order chi connectivity index (χ1) is 7.65. The average Bonchev–Trinajstić information content (AvgIpc) is 2.38. The molecule has 0 N–H and O–H groups in total. The van der Waals surface area contributed by atoms with Crippen LogP contribution >= 0.6 is 22.6 Å².